The van der Waals surface area contributed by atoms with Gasteiger partial charge in [0.1, 0.15) is 5.69 Å². The Morgan fingerprint density at radius 2 is 2.25 bits per heavy atom. The van der Waals surface area contributed by atoms with Gasteiger partial charge in [-0.2, -0.15) is 0 Å². The van der Waals surface area contributed by atoms with Crippen LogP contribution in [0.4, 0.5) is 5.69 Å². The van der Waals surface area contributed by atoms with E-state index in [9.17, 15) is 4.79 Å². The topological polar surface area (TPSA) is 71.2 Å². The van der Waals surface area contributed by atoms with E-state index in [1.165, 1.54) is 12.6 Å². The Hall–Kier alpha value is -1.04. The number of halogens is 2. The zero-order valence-electron chi connectivity index (χ0n) is 11.5. The molecule has 20 heavy (non-hydrogen) atoms. The van der Waals surface area contributed by atoms with Gasteiger partial charge in [0, 0.05) is 12.6 Å². The first-order valence-electron chi connectivity index (χ1n) is 6.44. The molecule has 1 aromatic rings. The summed E-state index contributed by atoms with van der Waals surface area (Å²) in [5, 5.41) is 2.94. The highest BCUT2D eigenvalue weighted by atomic mass is 35.5. The number of rotatable bonds is 4. The fraction of sp³-hybridized carbons (Fsp3) is 0.538. The van der Waals surface area contributed by atoms with Gasteiger partial charge in [-0.05, 0) is 38.1 Å². The highest BCUT2D eigenvalue weighted by Crippen LogP contribution is 2.15. The van der Waals surface area contributed by atoms with E-state index in [-0.39, 0.29) is 30.7 Å². The molecule has 0 saturated carbocycles. The molecule has 0 aromatic carbocycles. The summed E-state index contributed by atoms with van der Waals surface area (Å²) in [6, 6.07) is 3.81. The molecule has 0 spiro atoms. The molecule has 3 N–H and O–H groups in total. The number of carbonyl (C=O) groups excluding carboxylic acids is 1. The van der Waals surface area contributed by atoms with Gasteiger partial charge in [-0.25, -0.2) is 4.98 Å². The van der Waals surface area contributed by atoms with Gasteiger partial charge in [0.2, 0.25) is 0 Å². The Morgan fingerprint density at radius 1 is 1.50 bits per heavy atom. The van der Waals surface area contributed by atoms with Gasteiger partial charge < -0.3 is 11.1 Å². The predicted octanol–water partition coefficient (Wildman–Crippen LogP) is 1.72. The van der Waals surface area contributed by atoms with Crippen LogP contribution < -0.4 is 11.1 Å². The molecule has 0 bridgehead atoms. The largest absolute Gasteiger partial charge is 0.397 e. The van der Waals surface area contributed by atoms with Crippen LogP contribution in [0, 0.1) is 0 Å². The Labute approximate surface area is 132 Å². The van der Waals surface area contributed by atoms with Crippen LogP contribution in [0.1, 0.15) is 30.3 Å². The minimum absolute atomic E-state index is 0. The van der Waals surface area contributed by atoms with Crippen molar-refractivity contribution in [3.05, 3.63) is 24.0 Å². The highest BCUT2D eigenvalue weighted by Gasteiger charge is 2.23. The van der Waals surface area contributed by atoms with Crippen LogP contribution in [0.2, 0.25) is 0 Å². The maximum Gasteiger partial charge on any atom is 0.269 e. The Balaban J connectivity index is 0.00000180. The SMILES string of the molecule is CCN1CCCC1CNC(=O)c1ccc(N)cn1.Cl.Cl. The molecule has 1 fully saturated rings. The second kappa shape index (κ2) is 9.00. The average molecular weight is 321 g/mol. The van der Waals surface area contributed by atoms with E-state index >= 15 is 0 Å². The fourth-order valence-corrected chi connectivity index (χ4v) is 2.38. The zero-order chi connectivity index (χ0) is 13.0. The molecular weight excluding hydrogens is 299 g/mol. The van der Waals surface area contributed by atoms with Crippen molar-refractivity contribution in [1.82, 2.24) is 15.2 Å². The summed E-state index contributed by atoms with van der Waals surface area (Å²) in [6.07, 6.45) is 3.88. The monoisotopic (exact) mass is 320 g/mol. The number of hydrogen-bond donors (Lipinski definition) is 2. The van der Waals surface area contributed by atoms with Crippen molar-refractivity contribution < 1.29 is 4.79 Å². The number of likely N-dealkylation sites (N-methyl/N-ethyl adjacent to an activating group) is 1. The molecule has 5 nitrogen and oxygen atoms in total. The highest BCUT2D eigenvalue weighted by molar-refractivity contribution is 5.92. The lowest BCUT2D eigenvalue weighted by atomic mass is 10.2. The van der Waals surface area contributed by atoms with E-state index in [0.717, 1.165) is 19.5 Å². The first-order valence-corrected chi connectivity index (χ1v) is 6.44. The molecule has 1 aliphatic rings. The van der Waals surface area contributed by atoms with Crippen molar-refractivity contribution in [2.75, 3.05) is 25.4 Å². The number of anilines is 1. The Morgan fingerprint density at radius 3 is 2.85 bits per heavy atom. The number of aromatic nitrogens is 1. The predicted molar refractivity (Wildman–Crippen MR) is 85.7 cm³/mol. The van der Waals surface area contributed by atoms with Crippen LogP contribution in [0.5, 0.6) is 0 Å². The number of carbonyl (C=O) groups is 1. The van der Waals surface area contributed by atoms with Gasteiger partial charge in [0.05, 0.1) is 11.9 Å². The number of hydrogen-bond acceptors (Lipinski definition) is 4. The number of pyridine rings is 1. The summed E-state index contributed by atoms with van der Waals surface area (Å²) in [6.45, 7) is 5.03. The van der Waals surface area contributed by atoms with Crippen LogP contribution in [-0.4, -0.2) is 41.5 Å². The van der Waals surface area contributed by atoms with Crippen molar-refractivity contribution in [1.29, 1.82) is 0 Å². The summed E-state index contributed by atoms with van der Waals surface area (Å²) in [5.41, 5.74) is 6.53. The molecule has 1 aliphatic heterocycles. The lowest BCUT2D eigenvalue weighted by Gasteiger charge is -2.22. The van der Waals surface area contributed by atoms with Crippen LogP contribution in [0.15, 0.2) is 18.3 Å². The van der Waals surface area contributed by atoms with Gasteiger partial charge in [-0.1, -0.05) is 6.92 Å². The average Bonchev–Trinajstić information content (AvgIpc) is 2.84. The third-order valence-corrected chi connectivity index (χ3v) is 3.42. The molecule has 1 saturated heterocycles. The number of amides is 1. The van der Waals surface area contributed by atoms with E-state index in [1.807, 2.05) is 0 Å². The third-order valence-electron chi connectivity index (χ3n) is 3.42. The number of nitrogens with one attached hydrogen (secondary N) is 1. The van der Waals surface area contributed by atoms with E-state index in [4.69, 9.17) is 5.73 Å². The van der Waals surface area contributed by atoms with E-state index in [0.29, 0.717) is 24.0 Å². The smallest absolute Gasteiger partial charge is 0.269 e. The number of nitrogens with zero attached hydrogens (tertiary/aromatic N) is 2. The minimum Gasteiger partial charge on any atom is -0.397 e. The van der Waals surface area contributed by atoms with Crippen LogP contribution in [-0.2, 0) is 0 Å². The number of likely N-dealkylation sites (tertiary alicyclic amines) is 1. The van der Waals surface area contributed by atoms with Crippen molar-refractivity contribution in [3.63, 3.8) is 0 Å². The van der Waals surface area contributed by atoms with Crippen molar-refractivity contribution in [2.45, 2.75) is 25.8 Å². The number of nitrogen functional groups attached to an aromatic ring is 1. The first-order chi connectivity index (χ1) is 8.70. The van der Waals surface area contributed by atoms with Crippen LogP contribution in [0.3, 0.4) is 0 Å². The molecule has 1 amide bonds. The molecule has 2 rings (SSSR count). The summed E-state index contributed by atoms with van der Waals surface area (Å²) in [4.78, 5) is 18.3. The standard InChI is InChI=1S/C13H20N4O.2ClH/c1-2-17-7-3-4-11(17)9-16-13(18)12-6-5-10(14)8-15-12;;/h5-6,8,11H,2-4,7,9,14H2,1H3,(H,16,18);2*1H. The summed E-state index contributed by atoms with van der Waals surface area (Å²) in [5.74, 6) is -0.127. The maximum atomic E-state index is 11.9. The van der Waals surface area contributed by atoms with E-state index < -0.39 is 0 Å². The lowest BCUT2D eigenvalue weighted by molar-refractivity contribution is 0.0936. The second-order valence-corrected chi connectivity index (χ2v) is 4.61. The van der Waals surface area contributed by atoms with E-state index in [2.05, 4.69) is 22.1 Å². The van der Waals surface area contributed by atoms with Crippen molar-refractivity contribution >= 4 is 36.4 Å². The molecule has 114 valence electrons. The molecule has 1 atom stereocenters. The molecule has 7 heteroatoms. The summed E-state index contributed by atoms with van der Waals surface area (Å²) < 4.78 is 0. The van der Waals surface area contributed by atoms with Crippen molar-refractivity contribution in [2.24, 2.45) is 0 Å². The van der Waals surface area contributed by atoms with Gasteiger partial charge in [-0.3, -0.25) is 9.69 Å². The summed E-state index contributed by atoms with van der Waals surface area (Å²) >= 11 is 0. The van der Waals surface area contributed by atoms with Crippen LogP contribution >= 0.6 is 24.8 Å². The second-order valence-electron chi connectivity index (χ2n) is 4.61. The van der Waals surface area contributed by atoms with Crippen LogP contribution in [0.25, 0.3) is 0 Å². The first kappa shape index (κ1) is 19.0. The minimum atomic E-state index is -0.127. The summed E-state index contributed by atoms with van der Waals surface area (Å²) in [7, 11) is 0. The van der Waals surface area contributed by atoms with Gasteiger partial charge >= 0.3 is 0 Å². The quantitative estimate of drug-likeness (QED) is 0.886. The molecule has 0 radical (unpaired) electrons. The Kier molecular flexibility index (Phi) is 8.53. The Bertz CT molecular complexity index is 413. The molecule has 0 aliphatic carbocycles. The zero-order valence-corrected chi connectivity index (χ0v) is 13.2. The number of nitrogens with two attached hydrogens (primary N) is 1. The molecule has 1 aromatic heterocycles. The molecule has 1 unspecified atom stereocenters. The molecular formula is C13H22Cl2N4O. The third kappa shape index (κ3) is 4.81. The van der Waals surface area contributed by atoms with Gasteiger partial charge in [0.15, 0.2) is 0 Å². The fourth-order valence-electron chi connectivity index (χ4n) is 2.38. The molecule has 2 heterocycles. The van der Waals surface area contributed by atoms with E-state index in [1.54, 1.807) is 12.1 Å². The van der Waals surface area contributed by atoms with Gasteiger partial charge in [-0.15, -0.1) is 24.8 Å². The normalized spacial score (nSPS) is 17.9. The maximum absolute atomic E-state index is 11.9. The van der Waals surface area contributed by atoms with Crippen molar-refractivity contribution in [3.8, 4) is 0 Å². The lowest BCUT2D eigenvalue weighted by Crippen LogP contribution is -2.40. The van der Waals surface area contributed by atoms with Gasteiger partial charge in [0.25, 0.3) is 5.91 Å².